The first-order valence-electron chi connectivity index (χ1n) is 10.9. The fourth-order valence-corrected chi connectivity index (χ4v) is 4.12. The van der Waals surface area contributed by atoms with Crippen LogP contribution in [0.1, 0.15) is 33.8 Å². The highest BCUT2D eigenvalue weighted by atomic mass is 16.6. The van der Waals surface area contributed by atoms with Crippen molar-refractivity contribution in [2.75, 3.05) is 33.9 Å². The topological polar surface area (TPSA) is 124 Å². The number of nitrogens with zero attached hydrogens (tertiary/aromatic N) is 2. The second kappa shape index (κ2) is 9.82. The van der Waals surface area contributed by atoms with Gasteiger partial charge in [0, 0.05) is 31.1 Å². The monoisotopic (exact) mass is 467 g/mol. The van der Waals surface area contributed by atoms with Gasteiger partial charge in [-0.15, -0.1) is 0 Å². The molecule has 3 aromatic rings. The molecule has 0 spiro atoms. The van der Waals surface area contributed by atoms with Gasteiger partial charge in [-0.1, -0.05) is 18.2 Å². The van der Waals surface area contributed by atoms with Crippen LogP contribution < -0.4 is 14.8 Å². The normalized spacial score (nSPS) is 14.1. The Labute approximate surface area is 195 Å². The van der Waals surface area contributed by atoms with E-state index in [1.54, 1.807) is 11.0 Å². The molecule has 1 saturated heterocycles. The molecule has 2 amide bonds. The molecule has 0 bridgehead atoms. The zero-order valence-corrected chi connectivity index (χ0v) is 18.9. The number of carbonyl (C=O) groups excluding carboxylic acids is 2. The van der Waals surface area contributed by atoms with Crippen molar-refractivity contribution in [3.63, 3.8) is 0 Å². The number of ether oxygens (including phenoxy) is 2. The largest absolute Gasteiger partial charge is 0.493 e. The molecule has 10 nitrogen and oxygen atoms in total. The lowest BCUT2D eigenvalue weighted by atomic mass is 9.96. The van der Waals surface area contributed by atoms with E-state index in [1.807, 2.05) is 24.3 Å². The molecule has 1 aliphatic rings. The van der Waals surface area contributed by atoms with E-state index in [9.17, 15) is 19.7 Å². The van der Waals surface area contributed by atoms with Gasteiger partial charge in [0.15, 0.2) is 17.3 Å². The van der Waals surface area contributed by atoms with E-state index in [-0.39, 0.29) is 34.6 Å². The fourth-order valence-electron chi connectivity index (χ4n) is 4.12. The maximum atomic E-state index is 12.8. The van der Waals surface area contributed by atoms with Gasteiger partial charge in [-0.25, -0.2) is 0 Å². The second-order valence-electron chi connectivity index (χ2n) is 8.08. The molecule has 10 heteroatoms. The number of likely N-dealkylation sites (tertiary alicyclic amines) is 1. The maximum absolute atomic E-state index is 12.8. The first kappa shape index (κ1) is 23.1. The summed E-state index contributed by atoms with van der Waals surface area (Å²) in [7, 11) is 2.76. The summed E-state index contributed by atoms with van der Waals surface area (Å²) in [5, 5.41) is 15.1. The van der Waals surface area contributed by atoms with E-state index >= 15 is 0 Å². The van der Waals surface area contributed by atoms with Crippen LogP contribution in [-0.2, 0) is 0 Å². The summed E-state index contributed by atoms with van der Waals surface area (Å²) in [5.41, 5.74) is 0.217. The zero-order chi connectivity index (χ0) is 24.2. The Morgan fingerprint density at radius 1 is 1.12 bits per heavy atom. The van der Waals surface area contributed by atoms with Crippen molar-refractivity contribution < 1.29 is 28.4 Å². The van der Waals surface area contributed by atoms with Crippen molar-refractivity contribution in [2.45, 2.75) is 12.8 Å². The summed E-state index contributed by atoms with van der Waals surface area (Å²) in [6.07, 6.45) is 1.39. The lowest BCUT2D eigenvalue weighted by Gasteiger charge is -2.31. The SMILES string of the molecule is COc1cc(C(=O)NCC2CCN(C(=O)c3cc4ccccc4o3)CC2)c([N+](=O)[O-])cc1OC. The Hall–Kier alpha value is -4.08. The summed E-state index contributed by atoms with van der Waals surface area (Å²) in [4.78, 5) is 38.1. The molecule has 1 N–H and O–H groups in total. The van der Waals surface area contributed by atoms with Gasteiger partial charge >= 0.3 is 0 Å². The summed E-state index contributed by atoms with van der Waals surface area (Å²) < 4.78 is 16.0. The highest BCUT2D eigenvalue weighted by Crippen LogP contribution is 2.34. The van der Waals surface area contributed by atoms with Crippen molar-refractivity contribution in [1.29, 1.82) is 0 Å². The number of nitro groups is 1. The van der Waals surface area contributed by atoms with E-state index in [4.69, 9.17) is 13.9 Å². The van der Waals surface area contributed by atoms with E-state index in [2.05, 4.69) is 5.32 Å². The number of rotatable bonds is 7. The van der Waals surface area contributed by atoms with Gasteiger partial charge in [0.25, 0.3) is 17.5 Å². The molecule has 0 radical (unpaired) electrons. The number of benzene rings is 2. The van der Waals surface area contributed by atoms with E-state index < -0.39 is 10.8 Å². The van der Waals surface area contributed by atoms with E-state index in [1.165, 1.54) is 26.4 Å². The predicted molar refractivity (Wildman–Crippen MR) is 123 cm³/mol. The molecular formula is C24H25N3O7. The fraction of sp³-hybridized carbons (Fsp3) is 0.333. The molecule has 0 atom stereocenters. The van der Waals surface area contributed by atoms with E-state index in [0.29, 0.717) is 43.8 Å². The van der Waals surface area contributed by atoms with Crippen LogP contribution in [0.3, 0.4) is 0 Å². The summed E-state index contributed by atoms with van der Waals surface area (Å²) in [6.45, 7) is 1.41. The Kier molecular flexibility index (Phi) is 6.67. The average molecular weight is 467 g/mol. The Balaban J connectivity index is 1.35. The van der Waals surface area contributed by atoms with Crippen molar-refractivity contribution >= 4 is 28.5 Å². The average Bonchev–Trinajstić information content (AvgIpc) is 3.30. The number of hydrogen-bond acceptors (Lipinski definition) is 7. The van der Waals surface area contributed by atoms with Crippen LogP contribution in [0.25, 0.3) is 11.0 Å². The standard InChI is InChI=1S/C24H25N3O7/c1-32-20-12-17(18(27(30)31)13-21(20)33-2)23(28)25-14-15-7-9-26(10-8-15)24(29)22-11-16-5-3-4-6-19(16)34-22/h3-6,11-13,15H,7-10,14H2,1-2H3,(H,25,28). The molecule has 1 aromatic heterocycles. The highest BCUT2D eigenvalue weighted by Gasteiger charge is 2.28. The Bertz CT molecular complexity index is 1200. The third kappa shape index (κ3) is 4.66. The summed E-state index contributed by atoms with van der Waals surface area (Å²) >= 11 is 0. The Morgan fingerprint density at radius 2 is 1.79 bits per heavy atom. The van der Waals surface area contributed by atoms with Gasteiger partial charge in [-0.05, 0) is 30.9 Å². The minimum Gasteiger partial charge on any atom is -0.493 e. The van der Waals surface area contributed by atoms with Crippen molar-refractivity contribution in [3.05, 3.63) is 63.9 Å². The van der Waals surface area contributed by atoms with Crippen LogP contribution in [0.2, 0.25) is 0 Å². The number of hydrogen-bond donors (Lipinski definition) is 1. The quantitative estimate of drug-likeness (QED) is 0.415. The second-order valence-corrected chi connectivity index (χ2v) is 8.08. The summed E-state index contributed by atoms with van der Waals surface area (Å²) in [6, 6.07) is 11.7. The predicted octanol–water partition coefficient (Wildman–Crippen LogP) is 3.64. The van der Waals surface area contributed by atoms with E-state index in [0.717, 1.165) is 5.39 Å². The Morgan fingerprint density at radius 3 is 2.44 bits per heavy atom. The number of furan rings is 1. The molecule has 2 aromatic carbocycles. The molecule has 2 heterocycles. The third-order valence-electron chi connectivity index (χ3n) is 6.03. The number of methoxy groups -OCH3 is 2. The molecular weight excluding hydrogens is 442 g/mol. The first-order chi connectivity index (χ1) is 16.4. The third-order valence-corrected chi connectivity index (χ3v) is 6.03. The van der Waals surface area contributed by atoms with Gasteiger partial charge in [-0.2, -0.15) is 0 Å². The lowest BCUT2D eigenvalue weighted by molar-refractivity contribution is -0.385. The molecule has 4 rings (SSSR count). The van der Waals surface area contributed by atoms with Crippen molar-refractivity contribution in [3.8, 4) is 11.5 Å². The zero-order valence-electron chi connectivity index (χ0n) is 18.9. The molecule has 0 unspecified atom stereocenters. The van der Waals surface area contributed by atoms with Crippen LogP contribution in [0, 0.1) is 16.0 Å². The van der Waals surface area contributed by atoms with Crippen LogP contribution in [0.5, 0.6) is 11.5 Å². The van der Waals surface area contributed by atoms with Gasteiger partial charge in [-0.3, -0.25) is 19.7 Å². The number of piperidine rings is 1. The summed E-state index contributed by atoms with van der Waals surface area (Å²) in [5.74, 6) is 0.146. The van der Waals surface area contributed by atoms with Gasteiger partial charge in [0.1, 0.15) is 11.1 Å². The smallest absolute Gasteiger partial charge is 0.289 e. The lowest BCUT2D eigenvalue weighted by Crippen LogP contribution is -2.41. The molecule has 1 aliphatic heterocycles. The number of nitro benzene ring substituents is 1. The van der Waals surface area contributed by atoms with Crippen molar-refractivity contribution in [2.24, 2.45) is 5.92 Å². The maximum Gasteiger partial charge on any atom is 0.289 e. The van der Waals surface area contributed by atoms with Crippen LogP contribution in [-0.4, -0.2) is 55.5 Å². The molecule has 178 valence electrons. The minimum atomic E-state index is -0.626. The van der Waals surface area contributed by atoms with Gasteiger partial charge in [0.05, 0.1) is 25.2 Å². The van der Waals surface area contributed by atoms with Gasteiger partial charge < -0.3 is 24.1 Å². The van der Waals surface area contributed by atoms with Crippen LogP contribution >= 0.6 is 0 Å². The van der Waals surface area contributed by atoms with Crippen molar-refractivity contribution in [1.82, 2.24) is 10.2 Å². The number of amides is 2. The molecule has 34 heavy (non-hydrogen) atoms. The molecule has 0 aliphatic carbocycles. The number of fused-ring (bicyclic) bond motifs is 1. The molecule has 1 fully saturated rings. The van der Waals surface area contributed by atoms with Crippen LogP contribution in [0.4, 0.5) is 5.69 Å². The first-order valence-corrected chi connectivity index (χ1v) is 10.9. The number of nitrogens with one attached hydrogen (secondary N) is 1. The number of para-hydroxylation sites is 1. The highest BCUT2D eigenvalue weighted by molar-refractivity contribution is 5.99. The minimum absolute atomic E-state index is 0.0971. The van der Waals surface area contributed by atoms with Crippen LogP contribution in [0.15, 0.2) is 46.9 Å². The molecule has 0 saturated carbocycles. The number of carbonyl (C=O) groups is 2. The van der Waals surface area contributed by atoms with Gasteiger partial charge in [0.2, 0.25) is 0 Å².